The predicted octanol–water partition coefficient (Wildman–Crippen LogP) is 2.94. The third-order valence-electron chi connectivity index (χ3n) is 4.59. The zero-order chi connectivity index (χ0) is 18.6. The highest BCUT2D eigenvalue weighted by atomic mass is 19.1. The summed E-state index contributed by atoms with van der Waals surface area (Å²) >= 11 is 0. The fourth-order valence-corrected chi connectivity index (χ4v) is 3.13. The number of amides is 1. The number of halogens is 1. The van der Waals surface area contributed by atoms with Crippen LogP contribution in [0.4, 0.5) is 10.2 Å². The first-order valence-electron chi connectivity index (χ1n) is 8.99. The van der Waals surface area contributed by atoms with Gasteiger partial charge in [0.2, 0.25) is 0 Å². The number of benzene rings is 1. The second-order valence-corrected chi connectivity index (χ2v) is 6.53. The first-order chi connectivity index (χ1) is 13.2. The Balaban J connectivity index is 1.37. The van der Waals surface area contributed by atoms with Gasteiger partial charge in [0.1, 0.15) is 11.6 Å². The molecular formula is C20H20FN5O. The number of carbonyl (C=O) groups excluding carboxylic acids is 1. The Bertz CT molecular complexity index is 932. The van der Waals surface area contributed by atoms with Gasteiger partial charge >= 0.3 is 0 Å². The van der Waals surface area contributed by atoms with Crippen molar-refractivity contribution in [2.24, 2.45) is 0 Å². The predicted molar refractivity (Wildman–Crippen MR) is 100 cm³/mol. The van der Waals surface area contributed by atoms with Gasteiger partial charge in [-0.1, -0.05) is 12.1 Å². The molecular weight excluding hydrogens is 345 g/mol. The smallest absolute Gasteiger partial charge is 0.272 e. The zero-order valence-corrected chi connectivity index (χ0v) is 14.8. The van der Waals surface area contributed by atoms with Crippen LogP contribution in [0.1, 0.15) is 28.9 Å². The van der Waals surface area contributed by atoms with Gasteiger partial charge in [-0.15, -0.1) is 0 Å². The lowest BCUT2D eigenvalue weighted by atomic mass is 10.2. The minimum atomic E-state index is -0.348. The normalized spacial score (nSPS) is 13.7. The number of nitrogens with zero attached hydrogens (tertiary/aromatic N) is 4. The molecule has 4 rings (SSSR count). The summed E-state index contributed by atoms with van der Waals surface area (Å²) in [6, 6.07) is 11.6. The third-order valence-corrected chi connectivity index (χ3v) is 4.59. The molecule has 0 bridgehead atoms. The van der Waals surface area contributed by atoms with Crippen LogP contribution in [0.2, 0.25) is 0 Å². The molecule has 3 heterocycles. The van der Waals surface area contributed by atoms with Gasteiger partial charge in [0.25, 0.3) is 5.91 Å². The van der Waals surface area contributed by atoms with Crippen molar-refractivity contribution in [3.8, 4) is 5.69 Å². The molecule has 3 aromatic rings. The summed E-state index contributed by atoms with van der Waals surface area (Å²) in [7, 11) is 0. The van der Waals surface area contributed by atoms with Crippen molar-refractivity contribution in [2.45, 2.75) is 19.4 Å². The topological polar surface area (TPSA) is 63.1 Å². The van der Waals surface area contributed by atoms with Crippen LogP contribution in [-0.4, -0.2) is 33.8 Å². The lowest BCUT2D eigenvalue weighted by molar-refractivity contribution is 0.0945. The number of nitrogens with one attached hydrogen (secondary N) is 1. The lowest BCUT2D eigenvalue weighted by Crippen LogP contribution is -2.24. The van der Waals surface area contributed by atoms with E-state index in [-0.39, 0.29) is 17.4 Å². The largest absolute Gasteiger partial charge is 0.357 e. The standard InChI is InChI=1S/C20H20FN5O/c21-16-4-3-5-17(12-16)26-11-8-18(24-26)20(27)23-14-15-6-7-19(22-13-15)25-9-1-2-10-25/h3-8,11-13H,1-2,9-10,14H2,(H,23,27). The number of hydrogen-bond acceptors (Lipinski definition) is 4. The maximum atomic E-state index is 13.3. The van der Waals surface area contributed by atoms with Gasteiger partial charge in [-0.2, -0.15) is 5.10 Å². The Hall–Kier alpha value is -3.22. The fourth-order valence-electron chi connectivity index (χ4n) is 3.13. The van der Waals surface area contributed by atoms with E-state index in [0.29, 0.717) is 12.2 Å². The first kappa shape index (κ1) is 17.2. The number of anilines is 1. The summed E-state index contributed by atoms with van der Waals surface area (Å²) in [5.74, 6) is 0.351. The van der Waals surface area contributed by atoms with E-state index in [9.17, 15) is 9.18 Å². The van der Waals surface area contributed by atoms with Gasteiger partial charge in [-0.05, 0) is 48.7 Å². The molecule has 2 aromatic heterocycles. The van der Waals surface area contributed by atoms with Crippen LogP contribution in [0, 0.1) is 5.82 Å². The highest BCUT2D eigenvalue weighted by molar-refractivity contribution is 5.92. The summed E-state index contributed by atoms with van der Waals surface area (Å²) in [4.78, 5) is 19.1. The summed E-state index contributed by atoms with van der Waals surface area (Å²) in [6.45, 7) is 2.48. The molecule has 0 saturated carbocycles. The maximum absolute atomic E-state index is 13.3. The van der Waals surface area contributed by atoms with Crippen LogP contribution in [0.25, 0.3) is 5.69 Å². The van der Waals surface area contributed by atoms with Crippen molar-refractivity contribution >= 4 is 11.7 Å². The van der Waals surface area contributed by atoms with Gasteiger partial charge in [0.15, 0.2) is 5.69 Å². The van der Waals surface area contributed by atoms with Crippen molar-refractivity contribution in [3.63, 3.8) is 0 Å². The van der Waals surface area contributed by atoms with Gasteiger partial charge in [0, 0.05) is 32.0 Å². The molecule has 7 heteroatoms. The average molecular weight is 365 g/mol. The van der Waals surface area contributed by atoms with E-state index in [2.05, 4.69) is 20.3 Å². The minimum Gasteiger partial charge on any atom is -0.357 e. The van der Waals surface area contributed by atoms with Crippen LogP contribution in [0.3, 0.4) is 0 Å². The second kappa shape index (κ2) is 7.57. The molecule has 1 N–H and O–H groups in total. The molecule has 1 fully saturated rings. The number of rotatable bonds is 5. The molecule has 1 aliphatic rings. The summed E-state index contributed by atoms with van der Waals surface area (Å²) in [5, 5.41) is 7.05. The van der Waals surface area contributed by atoms with Crippen molar-refractivity contribution in [2.75, 3.05) is 18.0 Å². The van der Waals surface area contributed by atoms with Gasteiger partial charge in [-0.25, -0.2) is 14.1 Å². The molecule has 1 saturated heterocycles. The minimum absolute atomic E-state index is 0.279. The van der Waals surface area contributed by atoms with Crippen LogP contribution in [0.15, 0.2) is 54.9 Å². The number of carbonyl (C=O) groups is 1. The van der Waals surface area contributed by atoms with E-state index in [4.69, 9.17) is 0 Å². The summed E-state index contributed by atoms with van der Waals surface area (Å²) < 4.78 is 14.8. The molecule has 0 unspecified atom stereocenters. The molecule has 27 heavy (non-hydrogen) atoms. The van der Waals surface area contributed by atoms with E-state index in [1.807, 2.05) is 12.1 Å². The summed E-state index contributed by atoms with van der Waals surface area (Å²) in [6.07, 6.45) is 5.85. The molecule has 1 aliphatic heterocycles. The van der Waals surface area contributed by atoms with E-state index < -0.39 is 0 Å². The van der Waals surface area contributed by atoms with E-state index in [1.54, 1.807) is 30.6 Å². The highest BCUT2D eigenvalue weighted by Crippen LogP contribution is 2.17. The maximum Gasteiger partial charge on any atom is 0.272 e. The van der Waals surface area contributed by atoms with Crippen molar-refractivity contribution in [3.05, 3.63) is 71.9 Å². The molecule has 0 aliphatic carbocycles. The Kier molecular flexibility index (Phi) is 4.82. The van der Waals surface area contributed by atoms with Gasteiger partial charge < -0.3 is 10.2 Å². The van der Waals surface area contributed by atoms with Crippen LogP contribution >= 0.6 is 0 Å². The number of pyridine rings is 1. The van der Waals surface area contributed by atoms with Gasteiger partial charge in [0.05, 0.1) is 5.69 Å². The molecule has 1 amide bonds. The van der Waals surface area contributed by atoms with Crippen molar-refractivity contribution in [1.82, 2.24) is 20.1 Å². The molecule has 138 valence electrons. The zero-order valence-electron chi connectivity index (χ0n) is 14.8. The van der Waals surface area contributed by atoms with Crippen molar-refractivity contribution in [1.29, 1.82) is 0 Å². The molecule has 6 nitrogen and oxygen atoms in total. The Morgan fingerprint density at radius 2 is 2.00 bits per heavy atom. The van der Waals surface area contributed by atoms with Gasteiger partial charge in [-0.3, -0.25) is 4.79 Å². The highest BCUT2D eigenvalue weighted by Gasteiger charge is 2.14. The van der Waals surface area contributed by atoms with Crippen LogP contribution in [0.5, 0.6) is 0 Å². The van der Waals surface area contributed by atoms with Crippen LogP contribution < -0.4 is 10.2 Å². The van der Waals surface area contributed by atoms with Crippen LogP contribution in [-0.2, 0) is 6.54 Å². The van der Waals surface area contributed by atoms with Crippen molar-refractivity contribution < 1.29 is 9.18 Å². The second-order valence-electron chi connectivity index (χ2n) is 6.53. The third kappa shape index (κ3) is 3.97. The van der Waals surface area contributed by atoms with E-state index in [1.165, 1.54) is 29.7 Å². The lowest BCUT2D eigenvalue weighted by Gasteiger charge is -2.16. The molecule has 0 radical (unpaired) electrons. The first-order valence-corrected chi connectivity index (χ1v) is 8.99. The van der Waals surface area contributed by atoms with E-state index in [0.717, 1.165) is 24.5 Å². The SMILES string of the molecule is O=C(NCc1ccc(N2CCCC2)nc1)c1ccn(-c2cccc(F)c2)n1. The molecule has 0 atom stereocenters. The molecule has 1 aromatic carbocycles. The Morgan fingerprint density at radius 3 is 2.74 bits per heavy atom. The Morgan fingerprint density at radius 1 is 1.15 bits per heavy atom. The summed E-state index contributed by atoms with van der Waals surface area (Å²) in [5.41, 5.74) is 1.77. The van der Waals surface area contributed by atoms with E-state index >= 15 is 0 Å². The fraction of sp³-hybridized carbons (Fsp3) is 0.250. The average Bonchev–Trinajstić information content (AvgIpc) is 3.38. The molecule has 0 spiro atoms. The number of aromatic nitrogens is 3. The quantitative estimate of drug-likeness (QED) is 0.755. The Labute approximate surface area is 156 Å². The monoisotopic (exact) mass is 365 g/mol. The number of hydrogen-bond donors (Lipinski definition) is 1.